The molecule has 1 atom stereocenters. The predicted molar refractivity (Wildman–Crippen MR) is 96.6 cm³/mol. The molecule has 0 saturated heterocycles. The highest BCUT2D eigenvalue weighted by Gasteiger charge is 2.16. The van der Waals surface area contributed by atoms with Crippen LogP contribution in [0.4, 0.5) is 5.82 Å². The number of hydrogen-bond acceptors (Lipinski definition) is 6. The van der Waals surface area contributed by atoms with Gasteiger partial charge in [0.05, 0.1) is 18.1 Å². The highest BCUT2D eigenvalue weighted by Crippen LogP contribution is 2.15. The molecule has 1 heterocycles. The van der Waals surface area contributed by atoms with Crippen molar-refractivity contribution < 1.29 is 18.8 Å². The van der Waals surface area contributed by atoms with Crippen LogP contribution in [-0.2, 0) is 16.1 Å². The fraction of sp³-hybridized carbons (Fsp3) is 0.353. The molecule has 0 saturated carbocycles. The minimum absolute atomic E-state index is 0.134. The lowest BCUT2D eigenvalue weighted by atomic mass is 10.2. The summed E-state index contributed by atoms with van der Waals surface area (Å²) in [4.78, 5) is 24.0. The molecule has 0 aliphatic carbocycles. The van der Waals surface area contributed by atoms with E-state index in [1.54, 1.807) is 27.0 Å². The van der Waals surface area contributed by atoms with Crippen molar-refractivity contribution in [1.82, 2.24) is 10.5 Å². The number of rotatable bonds is 8. The average molecular weight is 363 g/mol. The Morgan fingerprint density at radius 3 is 2.84 bits per heavy atom. The Hall–Kier alpha value is -2.48. The summed E-state index contributed by atoms with van der Waals surface area (Å²) in [6, 6.07) is 9.12. The van der Waals surface area contributed by atoms with Crippen LogP contribution in [-0.4, -0.2) is 35.1 Å². The number of thioether (sulfide) groups is 1. The molecule has 25 heavy (non-hydrogen) atoms. The van der Waals surface area contributed by atoms with E-state index in [1.165, 1.54) is 11.8 Å². The Morgan fingerprint density at radius 2 is 2.16 bits per heavy atom. The number of aromatic nitrogens is 1. The number of nitrogens with one attached hydrogen (secondary N) is 2. The molecule has 7 nitrogen and oxygen atoms in total. The number of hydrogen-bond donors (Lipinski definition) is 2. The van der Waals surface area contributed by atoms with Crippen molar-refractivity contribution in [2.45, 2.75) is 25.6 Å². The molecular weight excluding hydrogens is 342 g/mol. The maximum atomic E-state index is 12.0. The first kappa shape index (κ1) is 18.9. The number of ether oxygens (including phenoxy) is 1. The first-order valence-corrected chi connectivity index (χ1v) is 8.78. The van der Waals surface area contributed by atoms with Crippen molar-refractivity contribution in [3.63, 3.8) is 0 Å². The highest BCUT2D eigenvalue weighted by molar-refractivity contribution is 8.01. The third-order valence-electron chi connectivity index (χ3n) is 3.34. The van der Waals surface area contributed by atoms with Gasteiger partial charge in [-0.05, 0) is 31.5 Å². The van der Waals surface area contributed by atoms with Crippen molar-refractivity contribution >= 4 is 29.4 Å². The van der Waals surface area contributed by atoms with E-state index in [9.17, 15) is 9.59 Å². The molecule has 1 aromatic carbocycles. The largest absolute Gasteiger partial charge is 0.497 e. The van der Waals surface area contributed by atoms with E-state index in [-0.39, 0.29) is 22.8 Å². The zero-order chi connectivity index (χ0) is 18.2. The van der Waals surface area contributed by atoms with Crippen LogP contribution in [0.5, 0.6) is 5.75 Å². The second-order valence-electron chi connectivity index (χ2n) is 5.39. The molecule has 0 unspecified atom stereocenters. The third-order valence-corrected chi connectivity index (χ3v) is 4.48. The lowest BCUT2D eigenvalue weighted by molar-refractivity contribution is -0.118. The van der Waals surface area contributed by atoms with E-state index in [0.29, 0.717) is 18.1 Å². The van der Waals surface area contributed by atoms with E-state index in [4.69, 9.17) is 9.26 Å². The van der Waals surface area contributed by atoms with E-state index >= 15 is 0 Å². The normalized spacial score (nSPS) is 11.6. The van der Waals surface area contributed by atoms with Gasteiger partial charge in [0, 0.05) is 12.6 Å². The number of amides is 2. The van der Waals surface area contributed by atoms with Gasteiger partial charge in [0.2, 0.25) is 11.8 Å². The second kappa shape index (κ2) is 9.12. The van der Waals surface area contributed by atoms with E-state index in [1.807, 2.05) is 24.3 Å². The lowest BCUT2D eigenvalue weighted by Crippen LogP contribution is -2.28. The van der Waals surface area contributed by atoms with Crippen LogP contribution in [0.3, 0.4) is 0 Å². The number of aryl methyl sites for hydroxylation is 1. The quantitative estimate of drug-likeness (QED) is 0.748. The summed E-state index contributed by atoms with van der Waals surface area (Å²) in [5, 5.41) is 8.79. The first-order valence-electron chi connectivity index (χ1n) is 7.73. The maximum Gasteiger partial charge on any atom is 0.238 e. The molecule has 0 aliphatic rings. The molecule has 0 fully saturated rings. The number of methoxy groups -OCH3 is 1. The molecular formula is C17H21N3O4S. The monoisotopic (exact) mass is 363 g/mol. The number of anilines is 1. The Balaban J connectivity index is 1.72. The van der Waals surface area contributed by atoms with Gasteiger partial charge in [-0.25, -0.2) is 0 Å². The fourth-order valence-corrected chi connectivity index (χ4v) is 2.68. The summed E-state index contributed by atoms with van der Waals surface area (Å²) in [6.45, 7) is 3.89. The van der Waals surface area contributed by atoms with Gasteiger partial charge in [0.25, 0.3) is 0 Å². The molecule has 8 heteroatoms. The zero-order valence-corrected chi connectivity index (χ0v) is 15.2. The van der Waals surface area contributed by atoms with E-state index < -0.39 is 0 Å². The number of carbonyl (C=O) groups is 2. The van der Waals surface area contributed by atoms with Crippen LogP contribution >= 0.6 is 11.8 Å². The Bertz CT molecular complexity index is 732. The molecule has 1 aromatic heterocycles. The van der Waals surface area contributed by atoms with Gasteiger partial charge in [-0.2, -0.15) is 0 Å². The van der Waals surface area contributed by atoms with Gasteiger partial charge < -0.3 is 19.9 Å². The zero-order valence-electron chi connectivity index (χ0n) is 14.4. The number of benzene rings is 1. The molecule has 2 rings (SSSR count). The third kappa shape index (κ3) is 6.15. The van der Waals surface area contributed by atoms with Crippen LogP contribution in [0.2, 0.25) is 0 Å². The van der Waals surface area contributed by atoms with Crippen LogP contribution in [0, 0.1) is 6.92 Å². The number of carbonyl (C=O) groups excluding carboxylic acids is 2. The molecule has 0 bridgehead atoms. The molecule has 2 aromatic rings. The second-order valence-corrected chi connectivity index (χ2v) is 6.72. The van der Waals surface area contributed by atoms with Crippen molar-refractivity contribution in [3.05, 3.63) is 41.7 Å². The van der Waals surface area contributed by atoms with Gasteiger partial charge in [-0.1, -0.05) is 17.3 Å². The van der Waals surface area contributed by atoms with Crippen LogP contribution in [0.25, 0.3) is 0 Å². The van der Waals surface area contributed by atoms with Crippen LogP contribution in [0.15, 0.2) is 34.9 Å². The van der Waals surface area contributed by atoms with Gasteiger partial charge in [0.1, 0.15) is 11.5 Å². The molecule has 0 spiro atoms. The topological polar surface area (TPSA) is 93.5 Å². The predicted octanol–water partition coefficient (Wildman–Crippen LogP) is 2.37. The van der Waals surface area contributed by atoms with E-state index in [2.05, 4.69) is 15.8 Å². The SMILES string of the molecule is COc1cccc(CNC(=O)CS[C@@H](C)C(=O)Nc2cc(C)on2)c1. The summed E-state index contributed by atoms with van der Waals surface area (Å²) in [5.74, 6) is 1.57. The Kier molecular flexibility index (Phi) is 6.88. The number of nitrogens with zero attached hydrogens (tertiary/aromatic N) is 1. The Morgan fingerprint density at radius 1 is 1.36 bits per heavy atom. The minimum atomic E-state index is -0.389. The minimum Gasteiger partial charge on any atom is -0.497 e. The molecule has 134 valence electrons. The van der Waals surface area contributed by atoms with E-state index in [0.717, 1.165) is 11.3 Å². The summed E-state index contributed by atoms with van der Waals surface area (Å²) in [7, 11) is 1.60. The summed E-state index contributed by atoms with van der Waals surface area (Å²) in [6.07, 6.45) is 0. The summed E-state index contributed by atoms with van der Waals surface area (Å²) in [5.41, 5.74) is 0.949. The van der Waals surface area contributed by atoms with Crippen molar-refractivity contribution in [3.8, 4) is 5.75 Å². The van der Waals surface area contributed by atoms with Crippen molar-refractivity contribution in [2.75, 3.05) is 18.2 Å². The average Bonchev–Trinajstić information content (AvgIpc) is 3.02. The van der Waals surface area contributed by atoms with Crippen molar-refractivity contribution in [2.24, 2.45) is 0 Å². The molecule has 0 aliphatic heterocycles. The van der Waals surface area contributed by atoms with Gasteiger partial charge in [-0.15, -0.1) is 11.8 Å². The Labute approximate surface area is 150 Å². The molecule has 0 radical (unpaired) electrons. The summed E-state index contributed by atoms with van der Waals surface area (Å²) >= 11 is 1.25. The standard InChI is InChI=1S/C17H21N3O4S/c1-11-7-15(20-24-11)19-17(22)12(2)25-10-16(21)18-9-13-5-4-6-14(8-13)23-3/h4-8,12H,9-10H2,1-3H3,(H,18,21)(H,19,20,22)/t12-/m0/s1. The first-order chi connectivity index (χ1) is 12.0. The van der Waals surface area contributed by atoms with Gasteiger partial charge in [0.15, 0.2) is 5.82 Å². The van der Waals surface area contributed by atoms with Gasteiger partial charge in [-0.3, -0.25) is 9.59 Å². The maximum absolute atomic E-state index is 12.0. The van der Waals surface area contributed by atoms with Crippen LogP contribution < -0.4 is 15.4 Å². The highest BCUT2D eigenvalue weighted by atomic mass is 32.2. The fourth-order valence-electron chi connectivity index (χ4n) is 1.96. The smallest absolute Gasteiger partial charge is 0.238 e. The molecule has 2 amide bonds. The van der Waals surface area contributed by atoms with Crippen LogP contribution in [0.1, 0.15) is 18.2 Å². The molecule has 2 N–H and O–H groups in total. The summed E-state index contributed by atoms with van der Waals surface area (Å²) < 4.78 is 10.0. The lowest BCUT2D eigenvalue weighted by Gasteiger charge is -2.11. The van der Waals surface area contributed by atoms with Gasteiger partial charge >= 0.3 is 0 Å². The van der Waals surface area contributed by atoms with Crippen molar-refractivity contribution in [1.29, 1.82) is 0 Å².